The van der Waals surface area contributed by atoms with Crippen molar-refractivity contribution in [3.63, 3.8) is 0 Å². The Morgan fingerprint density at radius 2 is 2.17 bits per heavy atom. The molecule has 0 amide bonds. The molecule has 1 aliphatic heterocycles. The van der Waals surface area contributed by atoms with Crippen molar-refractivity contribution in [3.8, 4) is 0 Å². The zero-order valence-electron chi connectivity index (χ0n) is 14.7. The van der Waals surface area contributed by atoms with E-state index in [0.29, 0.717) is 12.0 Å². The van der Waals surface area contributed by atoms with Crippen LogP contribution >= 0.6 is 0 Å². The fourth-order valence-electron chi connectivity index (χ4n) is 2.92. The Morgan fingerprint density at radius 1 is 1.39 bits per heavy atom. The average molecular weight is 321 g/mol. The Bertz CT molecular complexity index is 452. The molecule has 0 spiro atoms. The molecule has 2 rings (SSSR count). The first-order valence-electron chi connectivity index (χ1n) is 8.85. The van der Waals surface area contributed by atoms with Crippen LogP contribution in [0.25, 0.3) is 0 Å². The van der Waals surface area contributed by atoms with Gasteiger partial charge in [-0.05, 0) is 38.7 Å². The number of piperidine rings is 1. The van der Waals surface area contributed by atoms with Crippen molar-refractivity contribution in [1.82, 2.24) is 20.0 Å². The molecule has 2 heterocycles. The summed E-state index contributed by atoms with van der Waals surface area (Å²) in [7, 11) is 0. The van der Waals surface area contributed by atoms with Crippen molar-refractivity contribution in [3.05, 3.63) is 18.5 Å². The Hall–Kier alpha value is -1.56. The zero-order valence-corrected chi connectivity index (χ0v) is 14.7. The molecule has 1 aromatic heterocycles. The summed E-state index contributed by atoms with van der Waals surface area (Å²) in [6.45, 7) is 11.9. The number of likely N-dealkylation sites (tertiary alicyclic amines) is 1. The summed E-state index contributed by atoms with van der Waals surface area (Å²) in [6.07, 6.45) is 6.41. The van der Waals surface area contributed by atoms with E-state index < -0.39 is 0 Å². The summed E-state index contributed by atoms with van der Waals surface area (Å²) in [4.78, 5) is 7.20. The van der Waals surface area contributed by atoms with Gasteiger partial charge in [-0.2, -0.15) is 5.10 Å². The molecule has 1 aliphatic rings. The second kappa shape index (κ2) is 9.55. The van der Waals surface area contributed by atoms with Crippen LogP contribution in [-0.4, -0.2) is 59.5 Å². The van der Waals surface area contributed by atoms with Gasteiger partial charge in [0.2, 0.25) is 0 Å². The van der Waals surface area contributed by atoms with Crippen molar-refractivity contribution < 1.29 is 4.74 Å². The maximum absolute atomic E-state index is 5.73. The highest BCUT2D eigenvalue weighted by Gasteiger charge is 2.21. The van der Waals surface area contributed by atoms with Crippen molar-refractivity contribution >= 4 is 5.96 Å². The molecule has 130 valence electrons. The molecule has 0 aliphatic carbocycles. The van der Waals surface area contributed by atoms with E-state index in [9.17, 15) is 0 Å². The topological polar surface area (TPSA) is 54.7 Å². The SMILES string of the molecule is CCNC(=NCC(C)Cn1cccn1)N1CCC(OCC)CC1. The van der Waals surface area contributed by atoms with Gasteiger partial charge in [0.1, 0.15) is 0 Å². The van der Waals surface area contributed by atoms with E-state index in [0.717, 1.165) is 58.1 Å². The summed E-state index contributed by atoms with van der Waals surface area (Å²) in [5.74, 6) is 1.50. The Labute approximate surface area is 139 Å². The highest BCUT2D eigenvalue weighted by atomic mass is 16.5. The monoisotopic (exact) mass is 321 g/mol. The van der Waals surface area contributed by atoms with Gasteiger partial charge < -0.3 is 15.0 Å². The standard InChI is InChI=1S/C17H31N5O/c1-4-18-17(21-11-7-16(8-12-21)23-5-2)19-13-15(3)14-22-10-6-9-20-22/h6,9-10,15-16H,4-5,7-8,11-14H2,1-3H3,(H,18,19). The molecular formula is C17H31N5O. The molecule has 6 nitrogen and oxygen atoms in total. The van der Waals surface area contributed by atoms with Crippen molar-refractivity contribution in [1.29, 1.82) is 0 Å². The third-order valence-electron chi connectivity index (χ3n) is 4.09. The molecular weight excluding hydrogens is 290 g/mol. The third-order valence-corrected chi connectivity index (χ3v) is 4.09. The minimum Gasteiger partial charge on any atom is -0.378 e. The first-order valence-corrected chi connectivity index (χ1v) is 8.85. The predicted molar refractivity (Wildman–Crippen MR) is 93.6 cm³/mol. The highest BCUT2D eigenvalue weighted by molar-refractivity contribution is 5.80. The van der Waals surface area contributed by atoms with E-state index in [4.69, 9.17) is 9.73 Å². The van der Waals surface area contributed by atoms with Gasteiger partial charge in [0, 0.05) is 51.7 Å². The predicted octanol–water partition coefficient (Wildman–Crippen LogP) is 1.99. The highest BCUT2D eigenvalue weighted by Crippen LogP contribution is 2.14. The van der Waals surface area contributed by atoms with Gasteiger partial charge in [-0.15, -0.1) is 0 Å². The number of guanidine groups is 1. The van der Waals surface area contributed by atoms with Crippen LogP contribution in [0.15, 0.2) is 23.5 Å². The summed E-state index contributed by atoms with van der Waals surface area (Å²) in [5, 5.41) is 7.69. The third kappa shape index (κ3) is 5.86. The van der Waals surface area contributed by atoms with Gasteiger partial charge in [-0.25, -0.2) is 0 Å². The van der Waals surface area contributed by atoms with E-state index in [2.05, 4.69) is 36.1 Å². The first-order chi connectivity index (χ1) is 11.2. The molecule has 1 saturated heterocycles. The van der Waals surface area contributed by atoms with E-state index in [-0.39, 0.29) is 0 Å². The van der Waals surface area contributed by atoms with Crippen LogP contribution in [0.1, 0.15) is 33.6 Å². The van der Waals surface area contributed by atoms with Crippen LogP contribution < -0.4 is 5.32 Å². The lowest BCUT2D eigenvalue weighted by atomic mass is 10.1. The number of nitrogens with zero attached hydrogens (tertiary/aromatic N) is 4. The van der Waals surface area contributed by atoms with Crippen molar-refractivity contribution in [2.24, 2.45) is 10.9 Å². The number of aromatic nitrogens is 2. The lowest BCUT2D eigenvalue weighted by Crippen LogP contribution is -2.47. The summed E-state index contributed by atoms with van der Waals surface area (Å²) < 4.78 is 7.70. The molecule has 0 saturated carbocycles. The molecule has 1 fully saturated rings. The van der Waals surface area contributed by atoms with Crippen LogP contribution in [0.3, 0.4) is 0 Å². The lowest BCUT2D eigenvalue weighted by molar-refractivity contribution is 0.0263. The fourth-order valence-corrected chi connectivity index (χ4v) is 2.92. The van der Waals surface area contributed by atoms with Crippen molar-refractivity contribution in [2.45, 2.75) is 46.3 Å². The average Bonchev–Trinajstić information content (AvgIpc) is 3.05. The number of hydrogen-bond acceptors (Lipinski definition) is 3. The maximum atomic E-state index is 5.73. The minimum atomic E-state index is 0.415. The van der Waals surface area contributed by atoms with E-state index in [1.165, 1.54) is 0 Å². The first kappa shape index (κ1) is 17.8. The Kier molecular flexibility index (Phi) is 7.39. The van der Waals surface area contributed by atoms with Crippen LogP contribution in [0.5, 0.6) is 0 Å². The van der Waals surface area contributed by atoms with E-state index >= 15 is 0 Å². The van der Waals surface area contributed by atoms with E-state index in [1.54, 1.807) is 0 Å². The lowest BCUT2D eigenvalue weighted by Gasteiger charge is -2.34. The van der Waals surface area contributed by atoms with E-state index in [1.807, 2.05) is 23.1 Å². The van der Waals surface area contributed by atoms with Gasteiger partial charge in [0.15, 0.2) is 5.96 Å². The smallest absolute Gasteiger partial charge is 0.193 e. The number of ether oxygens (including phenoxy) is 1. The van der Waals surface area contributed by atoms with Crippen LogP contribution in [0.2, 0.25) is 0 Å². The van der Waals surface area contributed by atoms with Gasteiger partial charge in [-0.3, -0.25) is 9.67 Å². The number of hydrogen-bond donors (Lipinski definition) is 1. The molecule has 23 heavy (non-hydrogen) atoms. The summed E-state index contributed by atoms with van der Waals surface area (Å²) in [5.41, 5.74) is 0. The molecule has 1 atom stereocenters. The fraction of sp³-hybridized carbons (Fsp3) is 0.765. The second-order valence-electron chi connectivity index (χ2n) is 6.17. The Morgan fingerprint density at radius 3 is 2.78 bits per heavy atom. The van der Waals surface area contributed by atoms with Gasteiger partial charge >= 0.3 is 0 Å². The molecule has 0 bridgehead atoms. The van der Waals surface area contributed by atoms with Gasteiger partial charge in [0.25, 0.3) is 0 Å². The Balaban J connectivity index is 1.84. The van der Waals surface area contributed by atoms with Gasteiger partial charge in [-0.1, -0.05) is 6.92 Å². The maximum Gasteiger partial charge on any atom is 0.193 e. The molecule has 0 aromatic carbocycles. The minimum absolute atomic E-state index is 0.415. The number of rotatable bonds is 7. The van der Waals surface area contributed by atoms with Crippen LogP contribution in [0.4, 0.5) is 0 Å². The summed E-state index contributed by atoms with van der Waals surface area (Å²) >= 11 is 0. The zero-order chi connectivity index (χ0) is 16.5. The molecule has 1 aromatic rings. The molecule has 1 unspecified atom stereocenters. The number of aliphatic imine (C=N–C) groups is 1. The molecule has 1 N–H and O–H groups in total. The molecule has 0 radical (unpaired) electrons. The largest absolute Gasteiger partial charge is 0.378 e. The normalized spacial score (nSPS) is 18.2. The van der Waals surface area contributed by atoms with Crippen LogP contribution in [0, 0.1) is 5.92 Å². The van der Waals surface area contributed by atoms with Gasteiger partial charge in [0.05, 0.1) is 6.10 Å². The second-order valence-corrected chi connectivity index (χ2v) is 6.17. The van der Waals surface area contributed by atoms with Crippen LogP contribution in [-0.2, 0) is 11.3 Å². The number of nitrogens with one attached hydrogen (secondary N) is 1. The quantitative estimate of drug-likeness (QED) is 0.616. The van der Waals surface area contributed by atoms with Crippen molar-refractivity contribution in [2.75, 3.05) is 32.8 Å². The summed E-state index contributed by atoms with van der Waals surface area (Å²) in [6, 6.07) is 1.96. The molecule has 6 heteroatoms.